The molecular formula is C17H35IN4S. The van der Waals surface area contributed by atoms with Crippen molar-refractivity contribution in [2.45, 2.75) is 44.8 Å². The predicted octanol–water partition coefficient (Wildman–Crippen LogP) is 3.13. The molecule has 0 aliphatic carbocycles. The Bertz CT molecular complexity index is 370. The lowest BCUT2D eigenvalue weighted by atomic mass is 10.1. The number of nitrogens with zero attached hydrogens (tertiary/aromatic N) is 3. The number of rotatable bonds is 6. The van der Waals surface area contributed by atoms with E-state index < -0.39 is 0 Å². The largest absolute Gasteiger partial charge is 0.357 e. The maximum Gasteiger partial charge on any atom is 0.193 e. The Morgan fingerprint density at radius 3 is 2.57 bits per heavy atom. The summed E-state index contributed by atoms with van der Waals surface area (Å²) in [5.74, 6) is 1.93. The molecule has 2 rings (SSSR count). The van der Waals surface area contributed by atoms with E-state index in [2.05, 4.69) is 42.1 Å². The fourth-order valence-corrected chi connectivity index (χ4v) is 3.45. The first-order chi connectivity index (χ1) is 10.5. The Morgan fingerprint density at radius 2 is 1.96 bits per heavy atom. The molecule has 1 unspecified atom stereocenters. The molecule has 6 heteroatoms. The molecule has 0 saturated carbocycles. The summed E-state index contributed by atoms with van der Waals surface area (Å²) in [4.78, 5) is 10.0. The van der Waals surface area contributed by atoms with Crippen LogP contribution in [0.5, 0.6) is 0 Å². The number of likely N-dealkylation sites (tertiary alicyclic amines) is 2. The summed E-state index contributed by atoms with van der Waals surface area (Å²) in [7, 11) is 0. The van der Waals surface area contributed by atoms with Crippen molar-refractivity contribution in [2.75, 3.05) is 52.1 Å². The average molecular weight is 454 g/mol. The third-order valence-corrected chi connectivity index (χ3v) is 6.03. The minimum Gasteiger partial charge on any atom is -0.357 e. The van der Waals surface area contributed by atoms with Crippen LogP contribution in [-0.4, -0.2) is 72.6 Å². The number of thioether (sulfide) groups is 1. The second-order valence-electron chi connectivity index (χ2n) is 7.24. The van der Waals surface area contributed by atoms with Gasteiger partial charge in [0, 0.05) is 30.9 Å². The van der Waals surface area contributed by atoms with Gasteiger partial charge in [-0.05, 0) is 65.3 Å². The summed E-state index contributed by atoms with van der Waals surface area (Å²) in [6.07, 6.45) is 6.27. The van der Waals surface area contributed by atoms with Crippen molar-refractivity contribution in [3.63, 3.8) is 0 Å². The Labute approximate surface area is 164 Å². The highest BCUT2D eigenvalue weighted by Gasteiger charge is 2.27. The van der Waals surface area contributed by atoms with E-state index in [9.17, 15) is 0 Å². The zero-order valence-corrected chi connectivity index (χ0v) is 18.5. The van der Waals surface area contributed by atoms with Crippen LogP contribution in [0.1, 0.15) is 40.0 Å². The van der Waals surface area contributed by atoms with Gasteiger partial charge in [0.2, 0.25) is 0 Å². The van der Waals surface area contributed by atoms with Crippen molar-refractivity contribution in [1.82, 2.24) is 15.1 Å². The van der Waals surface area contributed by atoms with Crippen LogP contribution in [0, 0.1) is 5.92 Å². The van der Waals surface area contributed by atoms with E-state index in [1.165, 1.54) is 45.4 Å². The van der Waals surface area contributed by atoms with E-state index in [0.717, 1.165) is 31.5 Å². The molecule has 0 radical (unpaired) electrons. The third kappa shape index (κ3) is 6.98. The van der Waals surface area contributed by atoms with Crippen LogP contribution in [0.2, 0.25) is 0 Å². The lowest BCUT2D eigenvalue weighted by Gasteiger charge is -2.25. The van der Waals surface area contributed by atoms with Gasteiger partial charge in [0.25, 0.3) is 0 Å². The number of hydrogen-bond donors (Lipinski definition) is 1. The Morgan fingerprint density at radius 1 is 1.26 bits per heavy atom. The quantitative estimate of drug-likeness (QED) is 0.380. The Hall–Kier alpha value is 0.310. The zero-order valence-electron chi connectivity index (χ0n) is 15.3. The van der Waals surface area contributed by atoms with Crippen molar-refractivity contribution in [3.8, 4) is 0 Å². The number of aliphatic imine (C=N–C) groups is 1. The van der Waals surface area contributed by atoms with Gasteiger partial charge in [-0.2, -0.15) is 11.8 Å². The number of nitrogens with one attached hydrogen (secondary N) is 1. The topological polar surface area (TPSA) is 30.9 Å². The lowest BCUT2D eigenvalue weighted by Crippen LogP contribution is -2.41. The van der Waals surface area contributed by atoms with Gasteiger partial charge in [0.15, 0.2) is 5.96 Å². The van der Waals surface area contributed by atoms with Crippen LogP contribution in [0.15, 0.2) is 4.99 Å². The predicted molar refractivity (Wildman–Crippen MR) is 114 cm³/mol. The monoisotopic (exact) mass is 454 g/mol. The van der Waals surface area contributed by atoms with Crippen LogP contribution >= 0.6 is 35.7 Å². The first kappa shape index (κ1) is 21.4. The smallest absolute Gasteiger partial charge is 0.193 e. The van der Waals surface area contributed by atoms with Crippen LogP contribution in [0.25, 0.3) is 0 Å². The van der Waals surface area contributed by atoms with Gasteiger partial charge in [-0.25, -0.2) is 0 Å². The maximum atomic E-state index is 4.90. The van der Waals surface area contributed by atoms with Crippen LogP contribution in [0.3, 0.4) is 0 Å². The molecule has 4 nitrogen and oxygen atoms in total. The minimum absolute atomic E-state index is 0. The summed E-state index contributed by atoms with van der Waals surface area (Å²) >= 11 is 1.89. The fraction of sp³-hybridized carbons (Fsp3) is 0.941. The molecule has 0 amide bonds. The van der Waals surface area contributed by atoms with Gasteiger partial charge >= 0.3 is 0 Å². The normalized spacial score (nSPS) is 23.2. The van der Waals surface area contributed by atoms with Crippen LogP contribution < -0.4 is 5.32 Å². The first-order valence-corrected chi connectivity index (χ1v) is 10.1. The molecule has 0 aromatic carbocycles. The molecule has 0 spiro atoms. The summed E-state index contributed by atoms with van der Waals surface area (Å²) in [6.45, 7) is 14.8. The summed E-state index contributed by atoms with van der Waals surface area (Å²) in [5, 5.41) is 3.49. The standard InChI is InChI=1S/C17H34N4S.HI/c1-5-18-16(19-14-17(2,3)22-4)21-11-8-15(13-21)12-20-9-6-7-10-20;/h15H,5-14H2,1-4H3,(H,18,19);1H. The molecule has 2 heterocycles. The maximum absolute atomic E-state index is 4.90. The zero-order chi connectivity index (χ0) is 16.0. The van der Waals surface area contributed by atoms with Crippen molar-refractivity contribution < 1.29 is 0 Å². The van der Waals surface area contributed by atoms with Crippen molar-refractivity contribution in [1.29, 1.82) is 0 Å². The molecule has 0 aromatic heterocycles. The van der Waals surface area contributed by atoms with Crippen molar-refractivity contribution >= 4 is 41.7 Å². The second kappa shape index (κ2) is 10.3. The SMILES string of the molecule is CCNC(=NCC(C)(C)SC)N1CCC(CN2CCCC2)C1.I. The molecule has 0 aromatic rings. The first-order valence-electron chi connectivity index (χ1n) is 8.85. The molecule has 2 saturated heterocycles. The highest BCUT2D eigenvalue weighted by molar-refractivity contribution is 14.0. The van der Waals surface area contributed by atoms with Gasteiger partial charge in [0.05, 0.1) is 6.54 Å². The average Bonchev–Trinajstić information content (AvgIpc) is 3.16. The molecule has 23 heavy (non-hydrogen) atoms. The number of hydrogen-bond acceptors (Lipinski definition) is 3. The van der Waals surface area contributed by atoms with Crippen LogP contribution in [-0.2, 0) is 0 Å². The Kier molecular flexibility index (Phi) is 9.59. The Balaban J connectivity index is 0.00000264. The number of halogens is 1. The molecule has 2 fully saturated rings. The van der Waals surface area contributed by atoms with E-state index in [0.29, 0.717) is 0 Å². The summed E-state index contributed by atoms with van der Waals surface area (Å²) in [6, 6.07) is 0. The van der Waals surface area contributed by atoms with E-state index in [-0.39, 0.29) is 28.7 Å². The third-order valence-electron chi connectivity index (χ3n) is 4.80. The van der Waals surface area contributed by atoms with Gasteiger partial charge in [-0.3, -0.25) is 4.99 Å². The summed E-state index contributed by atoms with van der Waals surface area (Å²) in [5.41, 5.74) is 0. The molecule has 2 aliphatic heterocycles. The van der Waals surface area contributed by atoms with Gasteiger partial charge in [-0.1, -0.05) is 0 Å². The van der Waals surface area contributed by atoms with E-state index in [1.807, 2.05) is 11.8 Å². The van der Waals surface area contributed by atoms with E-state index >= 15 is 0 Å². The molecule has 2 aliphatic rings. The number of guanidine groups is 1. The molecular weight excluding hydrogens is 419 g/mol. The van der Waals surface area contributed by atoms with Gasteiger partial charge < -0.3 is 15.1 Å². The summed E-state index contributed by atoms with van der Waals surface area (Å²) < 4.78 is 0.218. The van der Waals surface area contributed by atoms with Crippen LogP contribution in [0.4, 0.5) is 0 Å². The van der Waals surface area contributed by atoms with Crippen molar-refractivity contribution in [3.05, 3.63) is 0 Å². The minimum atomic E-state index is 0. The highest BCUT2D eigenvalue weighted by Crippen LogP contribution is 2.23. The van der Waals surface area contributed by atoms with E-state index in [4.69, 9.17) is 4.99 Å². The highest BCUT2D eigenvalue weighted by atomic mass is 127. The van der Waals surface area contributed by atoms with Gasteiger partial charge in [-0.15, -0.1) is 24.0 Å². The lowest BCUT2D eigenvalue weighted by molar-refractivity contribution is 0.281. The molecule has 136 valence electrons. The fourth-order valence-electron chi connectivity index (χ4n) is 3.26. The van der Waals surface area contributed by atoms with Gasteiger partial charge in [0.1, 0.15) is 0 Å². The van der Waals surface area contributed by atoms with E-state index in [1.54, 1.807) is 0 Å². The van der Waals surface area contributed by atoms with Crippen molar-refractivity contribution in [2.24, 2.45) is 10.9 Å². The second-order valence-corrected chi connectivity index (χ2v) is 8.76. The molecule has 1 N–H and O–H groups in total. The molecule has 1 atom stereocenters. The molecule has 0 bridgehead atoms.